The van der Waals surface area contributed by atoms with Crippen LogP contribution < -0.4 is 5.32 Å². The molecule has 0 spiro atoms. The van der Waals surface area contributed by atoms with Crippen LogP contribution in [0.1, 0.15) is 17.3 Å². The molecule has 3 aromatic rings. The maximum atomic E-state index is 12.3. The van der Waals surface area contributed by atoms with Gasteiger partial charge in [0.2, 0.25) is 0 Å². The van der Waals surface area contributed by atoms with Gasteiger partial charge in [0, 0.05) is 5.56 Å². The van der Waals surface area contributed by atoms with Crippen LogP contribution in [0.5, 0.6) is 0 Å². The summed E-state index contributed by atoms with van der Waals surface area (Å²) in [5.41, 5.74) is 1.79. The SMILES string of the molecule is CSCOC(C)Cn1cnc2c(NC(=O)c3ccccc3)ncnc21. The van der Waals surface area contributed by atoms with Gasteiger partial charge in [0.25, 0.3) is 5.91 Å². The number of rotatable bonds is 7. The fraction of sp³-hybridized carbons (Fsp3) is 0.294. The second kappa shape index (κ2) is 8.09. The average molecular weight is 357 g/mol. The van der Waals surface area contributed by atoms with Gasteiger partial charge in [0.1, 0.15) is 6.33 Å². The van der Waals surface area contributed by atoms with E-state index in [1.54, 1.807) is 30.2 Å². The highest BCUT2D eigenvalue weighted by Crippen LogP contribution is 2.19. The number of imidazole rings is 1. The number of nitrogens with one attached hydrogen (secondary N) is 1. The number of thioether (sulfide) groups is 1. The predicted octanol–water partition coefficient (Wildman–Crippen LogP) is 2.80. The Morgan fingerprint density at radius 3 is 2.84 bits per heavy atom. The molecule has 0 aliphatic carbocycles. The van der Waals surface area contributed by atoms with Crippen LogP contribution in [0.3, 0.4) is 0 Å². The highest BCUT2D eigenvalue weighted by Gasteiger charge is 2.14. The van der Waals surface area contributed by atoms with Crippen LogP contribution in [0, 0.1) is 0 Å². The monoisotopic (exact) mass is 357 g/mol. The zero-order valence-electron chi connectivity index (χ0n) is 14.0. The van der Waals surface area contributed by atoms with E-state index in [1.165, 1.54) is 6.33 Å². The molecule has 2 heterocycles. The fourth-order valence-electron chi connectivity index (χ4n) is 2.39. The van der Waals surface area contributed by atoms with Crippen molar-refractivity contribution < 1.29 is 9.53 Å². The van der Waals surface area contributed by atoms with E-state index in [0.29, 0.717) is 35.0 Å². The van der Waals surface area contributed by atoms with E-state index in [2.05, 4.69) is 20.3 Å². The zero-order chi connectivity index (χ0) is 17.6. The number of amides is 1. The van der Waals surface area contributed by atoms with Crippen LogP contribution in [0.15, 0.2) is 43.0 Å². The Morgan fingerprint density at radius 1 is 1.28 bits per heavy atom. The van der Waals surface area contributed by atoms with Crippen molar-refractivity contribution in [3.05, 3.63) is 48.5 Å². The molecule has 1 unspecified atom stereocenters. The summed E-state index contributed by atoms with van der Waals surface area (Å²) in [7, 11) is 0. The first-order valence-corrected chi connectivity index (χ1v) is 9.21. The lowest BCUT2D eigenvalue weighted by atomic mass is 10.2. The highest BCUT2D eigenvalue weighted by atomic mass is 32.2. The first kappa shape index (κ1) is 17.4. The van der Waals surface area contributed by atoms with Crippen molar-refractivity contribution in [3.63, 3.8) is 0 Å². The molecule has 0 radical (unpaired) electrons. The minimum Gasteiger partial charge on any atom is -0.366 e. The molecule has 130 valence electrons. The van der Waals surface area contributed by atoms with Crippen molar-refractivity contribution >= 4 is 34.7 Å². The van der Waals surface area contributed by atoms with E-state index in [-0.39, 0.29) is 12.0 Å². The lowest BCUT2D eigenvalue weighted by Gasteiger charge is -2.13. The number of hydrogen-bond acceptors (Lipinski definition) is 6. The second-order valence-corrected chi connectivity index (χ2v) is 6.31. The van der Waals surface area contributed by atoms with Crippen LogP contribution in [0.2, 0.25) is 0 Å². The van der Waals surface area contributed by atoms with Crippen molar-refractivity contribution in [2.75, 3.05) is 17.5 Å². The van der Waals surface area contributed by atoms with Gasteiger partial charge < -0.3 is 14.6 Å². The molecule has 25 heavy (non-hydrogen) atoms. The van der Waals surface area contributed by atoms with Crippen LogP contribution in [-0.2, 0) is 11.3 Å². The van der Waals surface area contributed by atoms with Crippen molar-refractivity contribution in [1.29, 1.82) is 0 Å². The third-order valence-electron chi connectivity index (χ3n) is 3.59. The minimum atomic E-state index is -0.230. The van der Waals surface area contributed by atoms with E-state index in [0.717, 1.165) is 0 Å². The molecular formula is C17H19N5O2S. The summed E-state index contributed by atoms with van der Waals surface area (Å²) >= 11 is 1.63. The number of hydrogen-bond donors (Lipinski definition) is 1. The molecule has 1 N–H and O–H groups in total. The molecule has 7 nitrogen and oxygen atoms in total. The molecule has 0 saturated carbocycles. The number of anilines is 1. The Kier molecular flexibility index (Phi) is 5.62. The molecule has 1 atom stereocenters. The predicted molar refractivity (Wildman–Crippen MR) is 98.6 cm³/mol. The van der Waals surface area contributed by atoms with E-state index in [4.69, 9.17) is 4.74 Å². The van der Waals surface area contributed by atoms with Gasteiger partial charge in [-0.2, -0.15) is 0 Å². The van der Waals surface area contributed by atoms with Gasteiger partial charge in [-0.25, -0.2) is 15.0 Å². The molecule has 0 bridgehead atoms. The molecule has 8 heteroatoms. The number of carbonyl (C=O) groups excluding carboxylic acids is 1. The maximum absolute atomic E-state index is 12.3. The number of fused-ring (bicyclic) bond motifs is 1. The Morgan fingerprint density at radius 2 is 2.08 bits per heavy atom. The third-order valence-corrected chi connectivity index (χ3v) is 3.97. The van der Waals surface area contributed by atoms with Gasteiger partial charge in [-0.1, -0.05) is 18.2 Å². The molecule has 2 aromatic heterocycles. The van der Waals surface area contributed by atoms with Gasteiger partial charge in [0.15, 0.2) is 17.0 Å². The zero-order valence-corrected chi connectivity index (χ0v) is 14.9. The first-order valence-electron chi connectivity index (χ1n) is 7.82. The molecule has 1 aromatic carbocycles. The number of benzene rings is 1. The second-order valence-electron chi connectivity index (χ2n) is 5.50. The van der Waals surface area contributed by atoms with E-state index in [9.17, 15) is 4.79 Å². The van der Waals surface area contributed by atoms with Gasteiger partial charge in [-0.3, -0.25) is 4.79 Å². The highest BCUT2D eigenvalue weighted by molar-refractivity contribution is 7.98. The normalized spacial score (nSPS) is 12.2. The van der Waals surface area contributed by atoms with Gasteiger partial charge >= 0.3 is 0 Å². The van der Waals surface area contributed by atoms with Crippen LogP contribution in [0.25, 0.3) is 11.2 Å². The summed E-state index contributed by atoms with van der Waals surface area (Å²) in [6.07, 6.45) is 5.14. The summed E-state index contributed by atoms with van der Waals surface area (Å²) in [6.45, 7) is 2.63. The minimum absolute atomic E-state index is 0.0298. The summed E-state index contributed by atoms with van der Waals surface area (Å²) in [4.78, 5) is 25.1. The summed E-state index contributed by atoms with van der Waals surface area (Å²) < 4.78 is 7.57. The smallest absolute Gasteiger partial charge is 0.256 e. The Bertz CT molecular complexity index is 853. The molecule has 0 fully saturated rings. The van der Waals surface area contributed by atoms with Crippen LogP contribution >= 0.6 is 11.8 Å². The van der Waals surface area contributed by atoms with Gasteiger partial charge in [-0.15, -0.1) is 11.8 Å². The molecule has 0 saturated heterocycles. The largest absolute Gasteiger partial charge is 0.366 e. The Hall–Kier alpha value is -2.45. The van der Waals surface area contributed by atoms with Crippen LogP contribution in [-0.4, -0.2) is 43.7 Å². The number of aromatic nitrogens is 4. The van der Waals surface area contributed by atoms with Crippen molar-refractivity contribution in [1.82, 2.24) is 19.5 Å². The molecular weight excluding hydrogens is 338 g/mol. The number of ether oxygens (including phenoxy) is 1. The van der Waals surface area contributed by atoms with Crippen molar-refractivity contribution in [3.8, 4) is 0 Å². The average Bonchev–Trinajstić information content (AvgIpc) is 3.04. The standard InChI is InChI=1S/C17H19N5O2S/c1-12(24-11-25-2)8-22-10-20-14-15(18-9-19-16(14)22)21-17(23)13-6-4-3-5-7-13/h3-7,9-10,12H,8,11H2,1-2H3,(H,18,19,21,23). The molecule has 1 amide bonds. The van der Waals surface area contributed by atoms with Crippen LogP contribution in [0.4, 0.5) is 5.82 Å². The Balaban J connectivity index is 1.80. The maximum Gasteiger partial charge on any atom is 0.256 e. The molecule has 0 aliphatic rings. The summed E-state index contributed by atoms with van der Waals surface area (Å²) in [6, 6.07) is 8.99. The van der Waals surface area contributed by atoms with E-state index >= 15 is 0 Å². The van der Waals surface area contributed by atoms with Crippen molar-refractivity contribution in [2.45, 2.75) is 19.6 Å². The topological polar surface area (TPSA) is 81.9 Å². The third kappa shape index (κ3) is 4.15. The summed E-state index contributed by atoms with van der Waals surface area (Å²) in [5.74, 6) is 0.809. The van der Waals surface area contributed by atoms with Gasteiger partial charge in [0.05, 0.1) is 24.9 Å². The molecule has 3 rings (SSSR count). The number of carbonyl (C=O) groups is 1. The quantitative estimate of drug-likeness (QED) is 0.655. The van der Waals surface area contributed by atoms with E-state index in [1.807, 2.05) is 35.9 Å². The lowest BCUT2D eigenvalue weighted by molar-refractivity contribution is 0.0918. The lowest BCUT2D eigenvalue weighted by Crippen LogP contribution is -2.16. The molecule has 0 aliphatic heterocycles. The van der Waals surface area contributed by atoms with E-state index < -0.39 is 0 Å². The Labute approximate surface area is 149 Å². The fourth-order valence-corrected chi connectivity index (χ4v) is 2.76. The summed E-state index contributed by atoms with van der Waals surface area (Å²) in [5, 5.41) is 2.80. The number of nitrogens with zero attached hydrogens (tertiary/aromatic N) is 4. The van der Waals surface area contributed by atoms with Crippen molar-refractivity contribution in [2.24, 2.45) is 0 Å². The van der Waals surface area contributed by atoms with Gasteiger partial charge in [-0.05, 0) is 25.3 Å². The first-order chi connectivity index (χ1) is 12.2.